The van der Waals surface area contributed by atoms with Crippen LogP contribution in [-0.4, -0.2) is 14.8 Å². The average molecular weight is 422 g/mol. The maximum absolute atomic E-state index is 11.1. The SMILES string of the molecule is Cc1ccc2c[n+]3ccccc3cc2c1.O=[N+]([O-])c1cc([N+](=O)[O-])c([O-])c([N+](=O)[O-])c1. The Balaban J connectivity index is 0.000000176. The molecule has 0 N–H and O–H groups in total. The van der Waals surface area contributed by atoms with Gasteiger partial charge in [-0.05, 0) is 24.4 Å². The number of nitro groups is 3. The second-order valence-electron chi connectivity index (χ2n) is 6.52. The zero-order valence-corrected chi connectivity index (χ0v) is 16.0. The Bertz CT molecular complexity index is 1320. The van der Waals surface area contributed by atoms with Crippen LogP contribution in [0.3, 0.4) is 0 Å². The quantitative estimate of drug-likeness (QED) is 0.212. The van der Waals surface area contributed by atoms with E-state index in [1.807, 2.05) is 6.07 Å². The van der Waals surface area contributed by atoms with Crippen LogP contribution in [0, 0.1) is 37.3 Å². The number of nitrogens with zero attached hydrogens (tertiary/aromatic N) is 4. The Morgan fingerprint density at radius 3 is 2.00 bits per heavy atom. The van der Waals surface area contributed by atoms with E-state index in [-0.39, 0.29) is 0 Å². The molecule has 2 aromatic heterocycles. The third kappa shape index (κ3) is 4.50. The Morgan fingerprint density at radius 1 is 0.774 bits per heavy atom. The van der Waals surface area contributed by atoms with Gasteiger partial charge in [0.15, 0.2) is 12.4 Å². The van der Waals surface area contributed by atoms with E-state index in [1.165, 1.54) is 21.9 Å². The molecule has 0 aliphatic rings. The minimum Gasteiger partial charge on any atom is -0.863 e. The Hall–Kier alpha value is -4.67. The van der Waals surface area contributed by atoms with Crippen LogP contribution < -0.4 is 9.51 Å². The van der Waals surface area contributed by atoms with Crippen LogP contribution in [0.15, 0.2) is 67.0 Å². The van der Waals surface area contributed by atoms with Crippen molar-refractivity contribution in [2.75, 3.05) is 0 Å². The molecule has 0 aliphatic heterocycles. The summed E-state index contributed by atoms with van der Waals surface area (Å²) in [5.74, 6) is -1.46. The molecule has 0 aliphatic carbocycles. The summed E-state index contributed by atoms with van der Waals surface area (Å²) in [4.78, 5) is 27.5. The third-order valence-corrected chi connectivity index (χ3v) is 4.39. The summed E-state index contributed by atoms with van der Waals surface area (Å²) < 4.78 is 2.15. The number of hydrogen-bond acceptors (Lipinski definition) is 7. The molecule has 0 saturated carbocycles. The van der Waals surface area contributed by atoms with Crippen LogP contribution in [0.2, 0.25) is 0 Å². The Morgan fingerprint density at radius 2 is 1.42 bits per heavy atom. The van der Waals surface area contributed by atoms with Crippen molar-refractivity contribution in [2.45, 2.75) is 6.92 Å². The van der Waals surface area contributed by atoms with Gasteiger partial charge in [0.1, 0.15) is 0 Å². The zero-order valence-electron chi connectivity index (χ0n) is 16.0. The van der Waals surface area contributed by atoms with Crippen LogP contribution in [0.5, 0.6) is 5.75 Å². The fourth-order valence-corrected chi connectivity index (χ4v) is 2.92. The van der Waals surface area contributed by atoms with Crippen LogP contribution in [0.25, 0.3) is 16.3 Å². The summed E-state index contributed by atoms with van der Waals surface area (Å²) in [5.41, 5.74) is -0.724. The molecule has 0 saturated heterocycles. The van der Waals surface area contributed by atoms with E-state index in [0.29, 0.717) is 12.1 Å². The molecule has 0 fully saturated rings. The summed E-state index contributed by atoms with van der Waals surface area (Å²) in [6, 6.07) is 15.8. The van der Waals surface area contributed by atoms with Crippen molar-refractivity contribution >= 4 is 33.4 Å². The van der Waals surface area contributed by atoms with Crippen molar-refractivity contribution in [3.05, 3.63) is 103 Å². The highest BCUT2D eigenvalue weighted by Crippen LogP contribution is 2.36. The van der Waals surface area contributed by atoms with Gasteiger partial charge in [-0.25, -0.2) is 0 Å². The number of benzene rings is 2. The van der Waals surface area contributed by atoms with Crippen molar-refractivity contribution < 1.29 is 24.3 Å². The number of aromatic nitrogens is 1. The molecule has 11 heteroatoms. The highest BCUT2D eigenvalue weighted by atomic mass is 16.6. The largest absolute Gasteiger partial charge is 0.863 e. The number of nitro benzene ring substituents is 3. The number of hydrogen-bond donors (Lipinski definition) is 0. The first-order chi connectivity index (χ1) is 14.7. The molecule has 31 heavy (non-hydrogen) atoms. The van der Waals surface area contributed by atoms with Gasteiger partial charge >= 0.3 is 0 Å². The number of non-ortho nitro benzene ring substituents is 1. The second kappa shape index (κ2) is 8.37. The summed E-state index contributed by atoms with van der Waals surface area (Å²) in [6.07, 6.45) is 4.25. The van der Waals surface area contributed by atoms with Crippen molar-refractivity contribution in [2.24, 2.45) is 0 Å². The molecule has 11 nitrogen and oxygen atoms in total. The average Bonchev–Trinajstić information content (AvgIpc) is 2.72. The monoisotopic (exact) mass is 422 g/mol. The molecule has 0 atom stereocenters. The molecule has 2 aromatic carbocycles. The summed E-state index contributed by atoms with van der Waals surface area (Å²) in [7, 11) is 0. The molecular weight excluding hydrogens is 408 g/mol. The van der Waals surface area contributed by atoms with Crippen LogP contribution in [0.1, 0.15) is 5.56 Å². The van der Waals surface area contributed by atoms with Gasteiger partial charge in [0.25, 0.3) is 17.1 Å². The minimum absolute atomic E-state index is 0.384. The lowest BCUT2D eigenvalue weighted by molar-refractivity contribution is -0.510. The van der Waals surface area contributed by atoms with Gasteiger partial charge in [0.2, 0.25) is 5.52 Å². The van der Waals surface area contributed by atoms with Crippen molar-refractivity contribution in [1.29, 1.82) is 0 Å². The summed E-state index contributed by atoms with van der Waals surface area (Å²) in [6.45, 7) is 2.13. The fraction of sp³-hybridized carbons (Fsp3) is 0.0500. The zero-order chi connectivity index (χ0) is 22.7. The maximum atomic E-state index is 11.1. The predicted octanol–water partition coefficient (Wildman–Crippen LogP) is 3.37. The first-order valence-electron chi connectivity index (χ1n) is 8.76. The lowest BCUT2D eigenvalue weighted by Gasteiger charge is -2.06. The van der Waals surface area contributed by atoms with E-state index in [4.69, 9.17) is 0 Å². The van der Waals surface area contributed by atoms with Crippen LogP contribution >= 0.6 is 0 Å². The molecular formula is C20H14N4O7. The molecule has 0 amide bonds. The van der Waals surface area contributed by atoms with E-state index >= 15 is 0 Å². The van der Waals surface area contributed by atoms with E-state index in [2.05, 4.69) is 60.1 Å². The van der Waals surface area contributed by atoms with Gasteiger partial charge in [0.05, 0.1) is 32.7 Å². The first kappa shape index (κ1) is 21.0. The van der Waals surface area contributed by atoms with Crippen LogP contribution in [0.4, 0.5) is 17.1 Å². The van der Waals surface area contributed by atoms with Crippen molar-refractivity contribution in [3.63, 3.8) is 0 Å². The van der Waals surface area contributed by atoms with Crippen molar-refractivity contribution in [3.8, 4) is 5.75 Å². The molecule has 0 radical (unpaired) electrons. The minimum atomic E-state index is -1.46. The van der Waals surface area contributed by atoms with Gasteiger partial charge in [-0.2, -0.15) is 4.40 Å². The Labute approximate surface area is 173 Å². The maximum Gasteiger partial charge on any atom is 0.283 e. The summed E-state index contributed by atoms with van der Waals surface area (Å²) in [5, 5.41) is 44.7. The van der Waals surface area contributed by atoms with Crippen LogP contribution in [-0.2, 0) is 0 Å². The van der Waals surface area contributed by atoms with E-state index < -0.39 is 37.6 Å². The number of aryl methyl sites for hydroxylation is 1. The van der Waals surface area contributed by atoms with Gasteiger partial charge in [-0.3, -0.25) is 30.3 Å². The lowest BCUT2D eigenvalue weighted by Crippen LogP contribution is -2.19. The van der Waals surface area contributed by atoms with E-state index in [9.17, 15) is 35.4 Å². The Kier molecular flexibility index (Phi) is 5.68. The molecule has 2 heterocycles. The number of pyridine rings is 2. The highest BCUT2D eigenvalue weighted by Gasteiger charge is 2.24. The highest BCUT2D eigenvalue weighted by molar-refractivity contribution is 5.84. The summed E-state index contributed by atoms with van der Waals surface area (Å²) >= 11 is 0. The molecule has 4 rings (SSSR count). The van der Waals surface area contributed by atoms with Gasteiger partial charge in [-0.1, -0.05) is 17.7 Å². The molecule has 4 aromatic rings. The van der Waals surface area contributed by atoms with Gasteiger partial charge in [0, 0.05) is 23.6 Å². The molecule has 0 bridgehead atoms. The van der Waals surface area contributed by atoms with E-state index in [1.54, 1.807) is 0 Å². The van der Waals surface area contributed by atoms with Gasteiger partial charge in [-0.15, -0.1) is 0 Å². The van der Waals surface area contributed by atoms with Crippen molar-refractivity contribution in [1.82, 2.24) is 0 Å². The first-order valence-corrected chi connectivity index (χ1v) is 8.76. The smallest absolute Gasteiger partial charge is 0.283 e. The number of fused-ring (bicyclic) bond motifs is 2. The normalized spacial score (nSPS) is 10.4. The lowest BCUT2D eigenvalue weighted by atomic mass is 10.1. The molecule has 0 unspecified atom stereocenters. The predicted molar refractivity (Wildman–Crippen MR) is 108 cm³/mol. The molecule has 156 valence electrons. The number of rotatable bonds is 3. The second-order valence-corrected chi connectivity index (χ2v) is 6.52. The third-order valence-electron chi connectivity index (χ3n) is 4.39. The standard InChI is InChI=1S/C14H12N.C6H3N3O7/c1-11-5-6-12-10-15-7-3-2-4-14(15)9-13(12)8-11;10-6-4(8(13)14)1-3(7(11)12)2-5(6)9(15)16/h2-10H,1H3;1-2,10H/q+1;/p-1. The fourth-order valence-electron chi connectivity index (χ4n) is 2.92. The van der Waals surface area contributed by atoms with Gasteiger partial charge < -0.3 is 5.11 Å². The van der Waals surface area contributed by atoms with E-state index in [0.717, 1.165) is 0 Å². The topological polar surface area (TPSA) is 157 Å². The molecule has 0 spiro atoms.